The van der Waals surface area contributed by atoms with E-state index >= 15 is 0 Å². The molecule has 1 aliphatic rings. The first kappa shape index (κ1) is 21.1. The summed E-state index contributed by atoms with van der Waals surface area (Å²) in [6.45, 7) is 2.50. The number of benzene rings is 2. The molecule has 1 fully saturated rings. The van der Waals surface area contributed by atoms with Crippen molar-refractivity contribution in [1.29, 1.82) is 0 Å². The standard InChI is InChI=1S/C20H23N5O5/c1-29-19-5-3-2-4-17(19)21-14-20(26)23-22-13-15-12-16(25(27)28)6-7-18(15)24-8-10-30-11-9-24/h2-7,12-13,21H,8-11,14H2,1H3,(H,23,26)/b22-13+. The third-order valence-electron chi connectivity index (χ3n) is 4.51. The number of amides is 1. The van der Waals surface area contributed by atoms with Gasteiger partial charge in [0.15, 0.2) is 0 Å². The van der Waals surface area contributed by atoms with Crippen LogP contribution in [0.2, 0.25) is 0 Å². The summed E-state index contributed by atoms with van der Waals surface area (Å²) in [6.07, 6.45) is 1.42. The highest BCUT2D eigenvalue weighted by Gasteiger charge is 2.17. The van der Waals surface area contributed by atoms with Crippen LogP contribution in [-0.4, -0.2) is 57.0 Å². The molecule has 0 atom stereocenters. The summed E-state index contributed by atoms with van der Waals surface area (Å²) < 4.78 is 10.6. The number of hydrazone groups is 1. The van der Waals surface area contributed by atoms with E-state index in [1.54, 1.807) is 25.3 Å². The molecule has 2 aromatic rings. The number of methoxy groups -OCH3 is 1. The minimum Gasteiger partial charge on any atom is -0.495 e. The highest BCUT2D eigenvalue weighted by atomic mass is 16.6. The van der Waals surface area contributed by atoms with Crippen LogP contribution in [-0.2, 0) is 9.53 Å². The quantitative estimate of drug-likeness (QED) is 0.386. The van der Waals surface area contributed by atoms with Crippen LogP contribution in [0.4, 0.5) is 17.1 Å². The summed E-state index contributed by atoms with van der Waals surface area (Å²) in [5.41, 5.74) is 4.42. The number of carbonyl (C=O) groups is 1. The first-order valence-corrected chi connectivity index (χ1v) is 9.38. The van der Waals surface area contributed by atoms with Crippen molar-refractivity contribution < 1.29 is 19.2 Å². The molecular formula is C20H23N5O5. The molecule has 0 aliphatic carbocycles. The van der Waals surface area contributed by atoms with Crippen LogP contribution < -0.4 is 20.4 Å². The maximum atomic E-state index is 12.1. The summed E-state index contributed by atoms with van der Waals surface area (Å²) >= 11 is 0. The number of nitrogens with zero attached hydrogens (tertiary/aromatic N) is 3. The van der Waals surface area contributed by atoms with Gasteiger partial charge in [-0.15, -0.1) is 0 Å². The normalized spacial score (nSPS) is 13.8. The van der Waals surface area contributed by atoms with Gasteiger partial charge in [0, 0.05) is 36.5 Å². The second-order valence-corrected chi connectivity index (χ2v) is 6.45. The van der Waals surface area contributed by atoms with Crippen LogP contribution in [0.25, 0.3) is 0 Å². The van der Waals surface area contributed by atoms with E-state index in [9.17, 15) is 14.9 Å². The van der Waals surface area contributed by atoms with Crippen molar-refractivity contribution in [2.24, 2.45) is 5.10 Å². The third-order valence-corrected chi connectivity index (χ3v) is 4.51. The first-order chi connectivity index (χ1) is 14.6. The van der Waals surface area contributed by atoms with Gasteiger partial charge in [0.25, 0.3) is 11.6 Å². The van der Waals surface area contributed by atoms with Crippen LogP contribution >= 0.6 is 0 Å². The number of para-hydroxylation sites is 2. The van der Waals surface area contributed by atoms with Crippen LogP contribution in [0.15, 0.2) is 47.6 Å². The second-order valence-electron chi connectivity index (χ2n) is 6.45. The molecule has 1 aliphatic heterocycles. The molecule has 0 unspecified atom stereocenters. The van der Waals surface area contributed by atoms with Gasteiger partial charge in [0.1, 0.15) is 5.75 Å². The lowest BCUT2D eigenvalue weighted by Gasteiger charge is -2.29. The number of nitro groups is 1. The Morgan fingerprint density at radius 2 is 2.07 bits per heavy atom. The van der Waals surface area contributed by atoms with Gasteiger partial charge in [-0.05, 0) is 18.2 Å². The van der Waals surface area contributed by atoms with Crippen molar-refractivity contribution in [3.63, 3.8) is 0 Å². The number of nitrogens with one attached hydrogen (secondary N) is 2. The van der Waals surface area contributed by atoms with Gasteiger partial charge in [0.2, 0.25) is 0 Å². The topological polar surface area (TPSA) is 118 Å². The zero-order valence-corrected chi connectivity index (χ0v) is 16.5. The number of hydrogen-bond donors (Lipinski definition) is 2. The van der Waals surface area contributed by atoms with Crippen LogP contribution in [0.1, 0.15) is 5.56 Å². The molecule has 30 heavy (non-hydrogen) atoms. The molecule has 3 rings (SSSR count). The minimum atomic E-state index is -0.462. The van der Waals surface area contributed by atoms with E-state index < -0.39 is 4.92 Å². The highest BCUT2D eigenvalue weighted by molar-refractivity contribution is 5.90. The van der Waals surface area contributed by atoms with E-state index in [-0.39, 0.29) is 18.1 Å². The summed E-state index contributed by atoms with van der Waals surface area (Å²) in [5.74, 6) is 0.260. The maximum Gasteiger partial charge on any atom is 0.270 e. The molecule has 0 bridgehead atoms. The number of nitro benzene ring substituents is 1. The number of ether oxygens (including phenoxy) is 2. The van der Waals surface area contributed by atoms with Crippen LogP contribution in [0, 0.1) is 10.1 Å². The van der Waals surface area contributed by atoms with Crippen molar-refractivity contribution in [2.45, 2.75) is 0 Å². The van der Waals surface area contributed by atoms with Gasteiger partial charge in [-0.3, -0.25) is 14.9 Å². The number of anilines is 2. The van der Waals surface area contributed by atoms with Gasteiger partial charge >= 0.3 is 0 Å². The van der Waals surface area contributed by atoms with Crippen LogP contribution in [0.3, 0.4) is 0 Å². The van der Waals surface area contributed by atoms with Crippen molar-refractivity contribution in [2.75, 3.05) is 50.2 Å². The van der Waals surface area contributed by atoms with Crippen molar-refractivity contribution in [3.05, 3.63) is 58.1 Å². The summed E-state index contributed by atoms with van der Waals surface area (Å²) in [7, 11) is 1.55. The second kappa shape index (κ2) is 10.2. The number of carbonyl (C=O) groups excluding carboxylic acids is 1. The fraction of sp³-hybridized carbons (Fsp3) is 0.300. The average molecular weight is 413 g/mol. The smallest absolute Gasteiger partial charge is 0.270 e. The Bertz CT molecular complexity index is 928. The fourth-order valence-corrected chi connectivity index (χ4v) is 3.03. The molecule has 0 spiro atoms. The summed E-state index contributed by atoms with van der Waals surface area (Å²) in [5, 5.41) is 18.1. The van der Waals surface area contributed by atoms with Gasteiger partial charge in [-0.1, -0.05) is 12.1 Å². The van der Waals surface area contributed by atoms with Crippen molar-refractivity contribution in [1.82, 2.24) is 5.43 Å². The van der Waals surface area contributed by atoms with E-state index in [1.165, 1.54) is 18.3 Å². The molecule has 0 radical (unpaired) electrons. The highest BCUT2D eigenvalue weighted by Crippen LogP contribution is 2.25. The Morgan fingerprint density at radius 1 is 1.30 bits per heavy atom. The molecule has 0 aromatic heterocycles. The lowest BCUT2D eigenvalue weighted by molar-refractivity contribution is -0.384. The largest absolute Gasteiger partial charge is 0.495 e. The molecule has 2 aromatic carbocycles. The maximum absolute atomic E-state index is 12.1. The minimum absolute atomic E-state index is 0.0109. The Morgan fingerprint density at radius 3 is 2.80 bits per heavy atom. The number of hydrogen-bond acceptors (Lipinski definition) is 8. The molecule has 1 heterocycles. The molecule has 2 N–H and O–H groups in total. The number of morpholine rings is 1. The Labute approximate surface area is 173 Å². The van der Waals surface area contributed by atoms with Gasteiger partial charge in [-0.2, -0.15) is 5.10 Å². The molecule has 1 amide bonds. The summed E-state index contributed by atoms with van der Waals surface area (Å²) in [6, 6.07) is 11.8. The Kier molecular flexibility index (Phi) is 7.17. The van der Waals surface area contributed by atoms with Gasteiger partial charge in [-0.25, -0.2) is 5.43 Å². The first-order valence-electron chi connectivity index (χ1n) is 9.38. The fourth-order valence-electron chi connectivity index (χ4n) is 3.03. The third kappa shape index (κ3) is 5.45. The zero-order chi connectivity index (χ0) is 21.3. The average Bonchev–Trinajstić information content (AvgIpc) is 2.78. The predicted octanol–water partition coefficient (Wildman–Crippen LogP) is 2.00. The van der Waals surface area contributed by atoms with Crippen molar-refractivity contribution in [3.8, 4) is 5.75 Å². The predicted molar refractivity (Wildman–Crippen MR) is 113 cm³/mol. The number of non-ortho nitro benzene ring substituents is 1. The van der Waals surface area contributed by atoms with E-state index in [0.717, 1.165) is 5.69 Å². The van der Waals surface area contributed by atoms with E-state index in [1.807, 2.05) is 12.1 Å². The van der Waals surface area contributed by atoms with Gasteiger partial charge in [0.05, 0.1) is 43.7 Å². The monoisotopic (exact) mass is 413 g/mol. The molecule has 10 heteroatoms. The lowest BCUT2D eigenvalue weighted by atomic mass is 10.1. The molecular weight excluding hydrogens is 390 g/mol. The Balaban J connectivity index is 1.65. The molecule has 1 saturated heterocycles. The SMILES string of the molecule is COc1ccccc1NCC(=O)N/N=C/c1cc([N+](=O)[O-])ccc1N1CCOCC1. The van der Waals surface area contributed by atoms with Crippen molar-refractivity contribution >= 4 is 29.2 Å². The zero-order valence-electron chi connectivity index (χ0n) is 16.5. The van der Waals surface area contributed by atoms with E-state index in [2.05, 4.69) is 20.7 Å². The van der Waals surface area contributed by atoms with E-state index in [0.29, 0.717) is 43.3 Å². The Hall–Kier alpha value is -3.66. The van der Waals surface area contributed by atoms with E-state index in [4.69, 9.17) is 9.47 Å². The molecule has 158 valence electrons. The molecule has 10 nitrogen and oxygen atoms in total. The summed E-state index contributed by atoms with van der Waals surface area (Å²) in [4.78, 5) is 24.8. The van der Waals surface area contributed by atoms with Gasteiger partial charge < -0.3 is 19.7 Å². The molecule has 0 saturated carbocycles. The van der Waals surface area contributed by atoms with Crippen LogP contribution in [0.5, 0.6) is 5.75 Å². The number of rotatable bonds is 8. The lowest BCUT2D eigenvalue weighted by Crippen LogP contribution is -2.36.